The summed E-state index contributed by atoms with van der Waals surface area (Å²) >= 11 is -0.637. The molecule has 0 heterocycles. The van der Waals surface area contributed by atoms with Gasteiger partial charge in [-0.3, -0.25) is 0 Å². The predicted molar refractivity (Wildman–Crippen MR) is 38.3 cm³/mol. The summed E-state index contributed by atoms with van der Waals surface area (Å²) in [6, 6.07) is 0. The molecule has 0 aliphatic rings. The molecule has 0 atom stereocenters. The van der Waals surface area contributed by atoms with Gasteiger partial charge in [0.15, 0.2) is 0 Å². The van der Waals surface area contributed by atoms with Gasteiger partial charge in [0, 0.05) is 0 Å². The Balaban J connectivity index is 0. The minimum atomic E-state index is -10.7. The normalized spacial score (nSPS) is 18.0. The van der Waals surface area contributed by atoms with Gasteiger partial charge in [-0.25, -0.2) is 0 Å². The zero-order valence-corrected chi connectivity index (χ0v) is 10.5. The molecule has 0 bridgehead atoms. The van der Waals surface area contributed by atoms with E-state index in [1.54, 1.807) is 0 Å². The van der Waals surface area contributed by atoms with Crippen LogP contribution in [0.4, 0.5) is 25.2 Å². The second kappa shape index (κ2) is 2.94. The molecule has 0 amide bonds. The number of rotatable bonds is 0. The summed E-state index contributed by atoms with van der Waals surface area (Å²) < 4.78 is 59.2. The van der Waals surface area contributed by atoms with Crippen molar-refractivity contribution in [1.29, 1.82) is 0 Å². The molecule has 8 heteroatoms. The second-order valence-electron chi connectivity index (χ2n) is 2.69. The fourth-order valence-electron chi connectivity index (χ4n) is 0. The zero-order chi connectivity index (χ0) is 9.99. The van der Waals surface area contributed by atoms with E-state index in [1.807, 2.05) is 0 Å². The van der Waals surface area contributed by atoms with Crippen LogP contribution in [0.3, 0.4) is 0 Å². The quantitative estimate of drug-likeness (QED) is 0.351. The van der Waals surface area contributed by atoms with Crippen LogP contribution in [-0.2, 0) is 0 Å². The Hall–Kier alpha value is 0.809. The Labute approximate surface area is 67.9 Å². The van der Waals surface area contributed by atoms with Crippen LogP contribution in [0.1, 0.15) is 0 Å². The van der Waals surface area contributed by atoms with Crippen molar-refractivity contribution < 1.29 is 25.2 Å². The Bertz CT molecular complexity index is 105. The Morgan fingerprint density at radius 2 is 0.727 bits per heavy atom. The molecule has 0 aliphatic carbocycles. The van der Waals surface area contributed by atoms with Gasteiger partial charge in [-0.2, -0.15) is 0 Å². The fraction of sp³-hybridized carbons (Fsp3) is 1.00. The van der Waals surface area contributed by atoms with Gasteiger partial charge in [0.2, 0.25) is 0 Å². The second-order valence-corrected chi connectivity index (χ2v) is 14.5. The number of halogens is 6. The van der Waals surface area contributed by atoms with E-state index in [-0.39, 0.29) is 0 Å². The molecule has 0 aromatic heterocycles. The van der Waals surface area contributed by atoms with Gasteiger partial charge in [-0.15, -0.1) is 0 Å². The van der Waals surface area contributed by atoms with Crippen molar-refractivity contribution in [2.75, 3.05) is 0 Å². The first-order valence-corrected chi connectivity index (χ1v) is 14.7. The molecule has 0 spiro atoms. The molecule has 0 saturated carbocycles. The Morgan fingerprint density at radius 3 is 0.727 bits per heavy atom. The van der Waals surface area contributed by atoms with Gasteiger partial charge < -0.3 is 0 Å². The summed E-state index contributed by atoms with van der Waals surface area (Å²) in [4.78, 5) is 7.13. The third-order valence-corrected chi connectivity index (χ3v) is 0. The monoisotopic (exact) mass is 311 g/mol. The van der Waals surface area contributed by atoms with Crippen LogP contribution in [-0.4, -0.2) is 19.8 Å². The summed E-state index contributed by atoms with van der Waals surface area (Å²) in [6.07, 6.45) is 0. The van der Waals surface area contributed by atoms with Crippen LogP contribution < -0.4 is 0 Å². The number of hydrogen-bond donors (Lipinski definition) is 0. The molecule has 0 nitrogen and oxygen atoms in total. The molecule has 74 valence electrons. The van der Waals surface area contributed by atoms with E-state index in [0.29, 0.717) is 0 Å². The van der Waals surface area contributed by atoms with E-state index < -0.39 is 27.6 Å². The third kappa shape index (κ3) is 1280. The van der Waals surface area contributed by atoms with Crippen LogP contribution >= 0.6 is 7.81 Å². The molecule has 11 heavy (non-hydrogen) atoms. The average Bonchev–Trinajstić information content (AvgIpc) is 1.11. The van der Waals surface area contributed by atoms with Crippen molar-refractivity contribution in [3.63, 3.8) is 0 Å². The van der Waals surface area contributed by atoms with Gasteiger partial charge in [-0.05, 0) is 0 Å². The molecule has 0 aromatic rings. The van der Waals surface area contributed by atoms with Gasteiger partial charge >= 0.3 is 67.6 Å². The first-order valence-electron chi connectivity index (χ1n) is 2.75. The summed E-state index contributed by atoms with van der Waals surface area (Å²) in [7, 11) is -10.7. The zero-order valence-electron chi connectivity index (χ0n) is 6.29. The first kappa shape index (κ1) is 14.3. The van der Waals surface area contributed by atoms with Gasteiger partial charge in [0.25, 0.3) is 0 Å². The van der Waals surface area contributed by atoms with Crippen molar-refractivity contribution in [3.8, 4) is 0 Å². The van der Waals surface area contributed by atoms with Crippen molar-refractivity contribution >= 4 is 27.6 Å². The van der Waals surface area contributed by atoms with Crippen LogP contribution in [0, 0.1) is 0 Å². The van der Waals surface area contributed by atoms with E-state index in [0.717, 1.165) is 0 Å². The van der Waals surface area contributed by atoms with Crippen LogP contribution in [0.25, 0.3) is 0 Å². The molecule has 0 rings (SSSR count). The van der Waals surface area contributed by atoms with Crippen molar-refractivity contribution in [2.24, 2.45) is 0 Å². The molecule has 0 fully saturated rings. The Kier molecular flexibility index (Phi) is 3.83. The van der Waals surface area contributed by atoms with E-state index in [2.05, 4.69) is 14.8 Å². The standard InChI is InChI=1S/3CH3.F6P.Sn.H/c;;;1-7(2,3,4,5)6;;/h3*1H3;;;/q;;;-1;;. The topological polar surface area (TPSA) is 0 Å². The number of hydrogen-bond acceptors (Lipinski definition) is 0. The molecule has 0 saturated heterocycles. The SMILES string of the molecule is F[P-](F)(F)(F)(F)F.[CH3][SnH]([CH3])[CH3]. The summed E-state index contributed by atoms with van der Waals surface area (Å²) in [5, 5.41) is 0. The van der Waals surface area contributed by atoms with Gasteiger partial charge in [0.1, 0.15) is 0 Å². The minimum absolute atomic E-state index is 0.637. The van der Waals surface area contributed by atoms with Crippen molar-refractivity contribution in [1.82, 2.24) is 0 Å². The maximum atomic E-state index is 9.87. The molecular formula is C3H10F6PSn-. The summed E-state index contributed by atoms with van der Waals surface area (Å²) in [5.74, 6) is 0. The van der Waals surface area contributed by atoms with Crippen molar-refractivity contribution in [2.45, 2.75) is 14.8 Å². The van der Waals surface area contributed by atoms with Crippen molar-refractivity contribution in [3.05, 3.63) is 0 Å². The van der Waals surface area contributed by atoms with Crippen LogP contribution in [0.5, 0.6) is 0 Å². The summed E-state index contributed by atoms with van der Waals surface area (Å²) in [5.41, 5.74) is 0. The molecule has 0 unspecified atom stereocenters. The van der Waals surface area contributed by atoms with Crippen LogP contribution in [0.15, 0.2) is 0 Å². The first-order chi connectivity index (χ1) is 4.18. The molecule has 0 N–H and O–H groups in total. The van der Waals surface area contributed by atoms with Crippen LogP contribution in [0.2, 0.25) is 14.8 Å². The molecular weight excluding hydrogens is 300 g/mol. The van der Waals surface area contributed by atoms with E-state index in [1.165, 1.54) is 0 Å². The third-order valence-electron chi connectivity index (χ3n) is 0. The van der Waals surface area contributed by atoms with E-state index in [9.17, 15) is 25.2 Å². The summed E-state index contributed by atoms with van der Waals surface area (Å²) in [6.45, 7) is 0. The van der Waals surface area contributed by atoms with E-state index in [4.69, 9.17) is 0 Å². The average molecular weight is 310 g/mol. The fourth-order valence-corrected chi connectivity index (χ4v) is 0. The molecule has 0 aliphatic heterocycles. The van der Waals surface area contributed by atoms with Gasteiger partial charge in [0.05, 0.1) is 0 Å². The predicted octanol–water partition coefficient (Wildman–Crippen LogP) is 4.49. The van der Waals surface area contributed by atoms with E-state index >= 15 is 0 Å². The Morgan fingerprint density at radius 1 is 0.727 bits per heavy atom. The van der Waals surface area contributed by atoms with Gasteiger partial charge in [-0.1, -0.05) is 0 Å². The molecule has 0 aromatic carbocycles. The molecule has 0 radical (unpaired) electrons. The maximum absolute atomic E-state index is 10.7.